The van der Waals surface area contributed by atoms with E-state index in [9.17, 15) is 4.79 Å². The molecule has 0 radical (unpaired) electrons. The lowest BCUT2D eigenvalue weighted by Crippen LogP contribution is -2.14. The van der Waals surface area contributed by atoms with Gasteiger partial charge in [-0.3, -0.25) is 4.79 Å². The zero-order valence-electron chi connectivity index (χ0n) is 14.2. The molecule has 0 spiro atoms. The van der Waals surface area contributed by atoms with Gasteiger partial charge in [0, 0.05) is 11.3 Å². The number of anilines is 1. The Bertz CT molecular complexity index is 844. The topological polar surface area (TPSA) is 54.9 Å². The third-order valence-electron chi connectivity index (χ3n) is 3.67. The van der Waals surface area contributed by atoms with Gasteiger partial charge in [0.1, 0.15) is 5.03 Å². The molecule has 3 aromatic rings. The summed E-state index contributed by atoms with van der Waals surface area (Å²) >= 11 is 1.37. The Morgan fingerprint density at radius 3 is 2.12 bits per heavy atom. The fraction of sp³-hybridized carbons (Fsp3) is 0.150. The first-order valence-electron chi connectivity index (χ1n) is 8.00. The van der Waals surface area contributed by atoms with Gasteiger partial charge in [0.15, 0.2) is 0 Å². The molecule has 1 aromatic heterocycles. The molecule has 0 saturated heterocycles. The van der Waals surface area contributed by atoms with Crippen LogP contribution < -0.4 is 5.32 Å². The van der Waals surface area contributed by atoms with E-state index in [0.29, 0.717) is 5.75 Å². The Labute approximate surface area is 151 Å². The number of aryl methyl sites for hydroxylation is 2. The van der Waals surface area contributed by atoms with Crippen LogP contribution in [0.5, 0.6) is 0 Å². The van der Waals surface area contributed by atoms with Crippen LogP contribution in [0.4, 0.5) is 5.69 Å². The molecular weight excluding hydrogens is 330 g/mol. The summed E-state index contributed by atoms with van der Waals surface area (Å²) in [6, 6.07) is 19.7. The summed E-state index contributed by atoms with van der Waals surface area (Å²) in [5, 5.41) is 12.1. The number of rotatable bonds is 5. The van der Waals surface area contributed by atoms with E-state index in [-0.39, 0.29) is 5.91 Å². The molecule has 1 N–H and O–H groups in total. The first-order valence-corrected chi connectivity index (χ1v) is 8.99. The maximum atomic E-state index is 12.0. The summed E-state index contributed by atoms with van der Waals surface area (Å²) in [5.41, 5.74) is 5.04. The van der Waals surface area contributed by atoms with Gasteiger partial charge >= 0.3 is 0 Å². The van der Waals surface area contributed by atoms with Crippen molar-refractivity contribution in [3.63, 3.8) is 0 Å². The number of carbonyl (C=O) groups excluding carboxylic acids is 1. The highest BCUT2D eigenvalue weighted by atomic mass is 32.2. The molecule has 0 bridgehead atoms. The van der Waals surface area contributed by atoms with Gasteiger partial charge in [-0.15, -0.1) is 10.2 Å². The number of aromatic nitrogens is 2. The Morgan fingerprint density at radius 2 is 1.52 bits per heavy atom. The number of hydrogen-bond donors (Lipinski definition) is 1. The molecule has 0 atom stereocenters. The Kier molecular flexibility index (Phi) is 5.46. The van der Waals surface area contributed by atoms with E-state index in [0.717, 1.165) is 27.5 Å². The minimum absolute atomic E-state index is 0.0572. The molecule has 3 rings (SSSR count). The van der Waals surface area contributed by atoms with E-state index in [2.05, 4.69) is 34.6 Å². The van der Waals surface area contributed by atoms with Crippen LogP contribution in [-0.4, -0.2) is 21.9 Å². The van der Waals surface area contributed by atoms with Crippen LogP contribution in [0.1, 0.15) is 11.1 Å². The van der Waals surface area contributed by atoms with Gasteiger partial charge in [-0.05, 0) is 38.1 Å². The third-order valence-corrected chi connectivity index (χ3v) is 4.59. The second-order valence-electron chi connectivity index (χ2n) is 5.83. The second kappa shape index (κ2) is 7.94. The zero-order valence-corrected chi connectivity index (χ0v) is 15.0. The highest BCUT2D eigenvalue weighted by Crippen LogP contribution is 2.20. The fourth-order valence-electron chi connectivity index (χ4n) is 2.25. The van der Waals surface area contributed by atoms with Gasteiger partial charge < -0.3 is 5.32 Å². The Hall–Kier alpha value is -2.66. The van der Waals surface area contributed by atoms with E-state index in [1.54, 1.807) is 0 Å². The summed E-state index contributed by atoms with van der Waals surface area (Å²) in [7, 11) is 0. The highest BCUT2D eigenvalue weighted by molar-refractivity contribution is 7.99. The van der Waals surface area contributed by atoms with Gasteiger partial charge in [-0.25, -0.2) is 0 Å². The molecule has 1 heterocycles. The van der Waals surface area contributed by atoms with Crippen molar-refractivity contribution in [3.05, 3.63) is 71.8 Å². The maximum Gasteiger partial charge on any atom is 0.234 e. The van der Waals surface area contributed by atoms with Gasteiger partial charge in [0.2, 0.25) is 5.91 Å². The van der Waals surface area contributed by atoms with Gasteiger partial charge in [-0.1, -0.05) is 59.3 Å². The van der Waals surface area contributed by atoms with Crippen molar-refractivity contribution in [1.29, 1.82) is 0 Å². The first-order chi connectivity index (χ1) is 12.1. The Balaban J connectivity index is 1.55. The molecule has 0 saturated carbocycles. The number of benzene rings is 2. The summed E-state index contributed by atoms with van der Waals surface area (Å²) in [6.45, 7) is 4.07. The number of nitrogens with one attached hydrogen (secondary N) is 1. The first kappa shape index (κ1) is 17.2. The van der Waals surface area contributed by atoms with Crippen molar-refractivity contribution in [2.24, 2.45) is 0 Å². The van der Waals surface area contributed by atoms with Crippen molar-refractivity contribution in [2.75, 3.05) is 11.1 Å². The minimum Gasteiger partial charge on any atom is -0.325 e. The number of nitrogens with zero attached hydrogens (tertiary/aromatic N) is 2. The molecule has 5 heteroatoms. The van der Waals surface area contributed by atoms with Gasteiger partial charge in [0.25, 0.3) is 0 Å². The molecule has 0 unspecified atom stereocenters. The van der Waals surface area contributed by atoms with Crippen LogP contribution in [0.3, 0.4) is 0 Å². The van der Waals surface area contributed by atoms with Crippen molar-refractivity contribution in [2.45, 2.75) is 18.9 Å². The highest BCUT2D eigenvalue weighted by Gasteiger charge is 2.06. The standard InChI is InChI=1S/C20H19N3OS/c1-14-3-7-16(8-4-14)18-11-12-20(23-22-18)25-13-19(24)21-17-9-5-15(2)6-10-17/h3-12H,13H2,1-2H3,(H,21,24). The number of hydrogen-bond acceptors (Lipinski definition) is 4. The van der Waals surface area contributed by atoms with Crippen LogP contribution in [-0.2, 0) is 4.79 Å². The molecule has 126 valence electrons. The van der Waals surface area contributed by atoms with Crippen molar-refractivity contribution in [3.8, 4) is 11.3 Å². The molecule has 25 heavy (non-hydrogen) atoms. The minimum atomic E-state index is -0.0572. The van der Waals surface area contributed by atoms with Crippen LogP contribution in [0.25, 0.3) is 11.3 Å². The van der Waals surface area contributed by atoms with Crippen LogP contribution in [0, 0.1) is 13.8 Å². The van der Waals surface area contributed by atoms with Crippen molar-refractivity contribution >= 4 is 23.4 Å². The van der Waals surface area contributed by atoms with E-state index in [1.165, 1.54) is 17.3 Å². The molecule has 0 aliphatic rings. The average Bonchev–Trinajstić information content (AvgIpc) is 2.63. The van der Waals surface area contributed by atoms with Crippen molar-refractivity contribution in [1.82, 2.24) is 10.2 Å². The van der Waals surface area contributed by atoms with E-state index in [1.807, 2.05) is 55.5 Å². The van der Waals surface area contributed by atoms with Crippen LogP contribution in [0.2, 0.25) is 0 Å². The molecule has 0 aliphatic heterocycles. The lowest BCUT2D eigenvalue weighted by molar-refractivity contribution is -0.113. The average molecular weight is 349 g/mol. The molecule has 2 aromatic carbocycles. The Morgan fingerprint density at radius 1 is 0.880 bits per heavy atom. The third kappa shape index (κ3) is 4.90. The van der Waals surface area contributed by atoms with Crippen molar-refractivity contribution < 1.29 is 4.79 Å². The summed E-state index contributed by atoms with van der Waals surface area (Å²) in [4.78, 5) is 12.0. The molecular formula is C20H19N3OS. The fourth-order valence-corrected chi connectivity index (χ4v) is 2.86. The molecule has 4 nitrogen and oxygen atoms in total. The largest absolute Gasteiger partial charge is 0.325 e. The molecule has 0 aliphatic carbocycles. The smallest absolute Gasteiger partial charge is 0.234 e. The number of thioether (sulfide) groups is 1. The van der Waals surface area contributed by atoms with Gasteiger partial charge in [-0.2, -0.15) is 0 Å². The summed E-state index contributed by atoms with van der Waals surface area (Å²) in [6.07, 6.45) is 0. The van der Waals surface area contributed by atoms with Gasteiger partial charge in [0.05, 0.1) is 11.4 Å². The van der Waals surface area contributed by atoms with E-state index < -0.39 is 0 Å². The molecule has 0 fully saturated rings. The van der Waals surface area contributed by atoms with Crippen LogP contribution >= 0.6 is 11.8 Å². The lowest BCUT2D eigenvalue weighted by atomic mass is 10.1. The predicted octanol–water partition coefficient (Wildman–Crippen LogP) is 4.49. The van der Waals surface area contributed by atoms with E-state index in [4.69, 9.17) is 0 Å². The summed E-state index contributed by atoms with van der Waals surface area (Å²) < 4.78 is 0. The lowest BCUT2D eigenvalue weighted by Gasteiger charge is -2.05. The normalized spacial score (nSPS) is 10.5. The molecule has 1 amide bonds. The number of carbonyl (C=O) groups is 1. The van der Waals surface area contributed by atoms with E-state index >= 15 is 0 Å². The monoisotopic (exact) mass is 349 g/mol. The predicted molar refractivity (Wildman–Crippen MR) is 103 cm³/mol. The number of amides is 1. The maximum absolute atomic E-state index is 12.0. The second-order valence-corrected chi connectivity index (χ2v) is 6.82. The zero-order chi connectivity index (χ0) is 17.6. The quantitative estimate of drug-likeness (QED) is 0.690. The van der Waals surface area contributed by atoms with Crippen LogP contribution in [0.15, 0.2) is 65.7 Å². The summed E-state index contributed by atoms with van der Waals surface area (Å²) in [5.74, 6) is 0.241. The SMILES string of the molecule is Cc1ccc(NC(=O)CSc2ccc(-c3ccc(C)cc3)nn2)cc1.